The van der Waals surface area contributed by atoms with Crippen molar-refractivity contribution in [2.24, 2.45) is 0 Å². The van der Waals surface area contributed by atoms with Crippen LogP contribution in [0.1, 0.15) is 5.89 Å². The lowest BCUT2D eigenvalue weighted by Gasteiger charge is -2.25. The third kappa shape index (κ3) is 2.49. The second kappa shape index (κ2) is 5.24. The molecule has 0 saturated carbocycles. The van der Waals surface area contributed by atoms with E-state index in [1.807, 2.05) is 0 Å². The predicted molar refractivity (Wildman–Crippen MR) is 71.9 cm³/mol. The number of thiophene rings is 1. The molecule has 0 unspecified atom stereocenters. The first-order chi connectivity index (χ1) is 9.57. The highest BCUT2D eigenvalue weighted by molar-refractivity contribution is 7.91. The van der Waals surface area contributed by atoms with Crippen LogP contribution in [-0.4, -0.2) is 49.2 Å². The Labute approximate surface area is 120 Å². The topological polar surface area (TPSA) is 85.5 Å². The van der Waals surface area contributed by atoms with E-state index in [2.05, 4.69) is 10.2 Å². The Balaban J connectivity index is 1.89. The number of hydrogen-bond acceptors (Lipinski definition) is 7. The molecule has 3 heterocycles. The van der Waals surface area contributed by atoms with Gasteiger partial charge in [-0.05, 0) is 12.1 Å². The van der Waals surface area contributed by atoms with Gasteiger partial charge < -0.3 is 9.15 Å². The maximum Gasteiger partial charge on any atom is 0.257 e. The Bertz CT molecular complexity index is 701. The summed E-state index contributed by atoms with van der Waals surface area (Å²) in [6.45, 7) is 3.32. The van der Waals surface area contributed by atoms with Crippen LogP contribution >= 0.6 is 11.3 Å². The number of morpholine rings is 1. The molecule has 108 valence electrons. The summed E-state index contributed by atoms with van der Waals surface area (Å²) in [4.78, 5) is 0.650. The van der Waals surface area contributed by atoms with E-state index < -0.39 is 10.0 Å². The van der Waals surface area contributed by atoms with Gasteiger partial charge in [0, 0.05) is 20.0 Å². The van der Waals surface area contributed by atoms with Crippen molar-refractivity contribution in [2.45, 2.75) is 11.1 Å². The van der Waals surface area contributed by atoms with Crippen LogP contribution in [0.2, 0.25) is 0 Å². The van der Waals surface area contributed by atoms with Gasteiger partial charge in [-0.15, -0.1) is 21.5 Å². The first-order valence-corrected chi connectivity index (χ1v) is 8.31. The Morgan fingerprint density at radius 3 is 2.65 bits per heavy atom. The number of rotatable bonds is 3. The van der Waals surface area contributed by atoms with E-state index in [1.165, 1.54) is 4.31 Å². The average Bonchev–Trinajstić information content (AvgIpc) is 3.08. The van der Waals surface area contributed by atoms with E-state index in [0.29, 0.717) is 43.0 Å². The molecule has 2 aromatic heterocycles. The predicted octanol–water partition coefficient (Wildman–Crippen LogP) is 1.13. The van der Waals surface area contributed by atoms with Crippen molar-refractivity contribution >= 4 is 21.4 Å². The van der Waals surface area contributed by atoms with Gasteiger partial charge in [-0.2, -0.15) is 4.31 Å². The van der Waals surface area contributed by atoms with Gasteiger partial charge in [-0.1, -0.05) is 0 Å². The summed E-state index contributed by atoms with van der Waals surface area (Å²) < 4.78 is 37.1. The maximum atomic E-state index is 12.5. The molecule has 0 amide bonds. The Morgan fingerprint density at radius 1 is 1.25 bits per heavy atom. The first-order valence-electron chi connectivity index (χ1n) is 6.05. The summed E-state index contributed by atoms with van der Waals surface area (Å²) in [6, 6.07) is 3.26. The SMILES string of the molecule is Cc1nnc(-c2ccc(S(=O)(=O)N3CCOCC3)s2)o1. The molecule has 9 heteroatoms. The van der Waals surface area contributed by atoms with Crippen molar-refractivity contribution in [3.63, 3.8) is 0 Å². The van der Waals surface area contributed by atoms with Crippen LogP contribution in [0.15, 0.2) is 20.8 Å². The first kappa shape index (κ1) is 13.7. The molecule has 0 aliphatic carbocycles. The van der Waals surface area contributed by atoms with Gasteiger partial charge in [0.15, 0.2) is 0 Å². The zero-order valence-corrected chi connectivity index (χ0v) is 12.4. The molecular weight excluding hydrogens is 302 g/mol. The molecule has 0 bridgehead atoms. The number of aromatic nitrogens is 2. The van der Waals surface area contributed by atoms with Crippen LogP contribution < -0.4 is 0 Å². The molecule has 0 atom stereocenters. The molecule has 2 aromatic rings. The lowest BCUT2D eigenvalue weighted by molar-refractivity contribution is 0.0731. The molecule has 1 aliphatic rings. The fourth-order valence-electron chi connectivity index (χ4n) is 1.88. The molecule has 1 aliphatic heterocycles. The summed E-state index contributed by atoms with van der Waals surface area (Å²) in [7, 11) is -3.46. The number of sulfonamides is 1. The molecule has 0 radical (unpaired) electrons. The molecule has 3 rings (SSSR count). The van der Waals surface area contributed by atoms with Crippen LogP contribution in [0.3, 0.4) is 0 Å². The van der Waals surface area contributed by atoms with Gasteiger partial charge in [-0.25, -0.2) is 8.42 Å². The second-order valence-electron chi connectivity index (χ2n) is 4.26. The van der Waals surface area contributed by atoms with Gasteiger partial charge >= 0.3 is 0 Å². The highest BCUT2D eigenvalue weighted by Gasteiger charge is 2.28. The largest absolute Gasteiger partial charge is 0.420 e. The number of nitrogens with zero attached hydrogens (tertiary/aromatic N) is 3. The molecule has 7 nitrogen and oxygen atoms in total. The van der Waals surface area contributed by atoms with Crippen molar-refractivity contribution in [2.75, 3.05) is 26.3 Å². The molecule has 0 N–H and O–H groups in total. The average molecular weight is 315 g/mol. The van der Waals surface area contributed by atoms with Crippen LogP contribution in [0, 0.1) is 6.92 Å². The van der Waals surface area contributed by atoms with Crippen molar-refractivity contribution in [1.29, 1.82) is 0 Å². The fraction of sp³-hybridized carbons (Fsp3) is 0.455. The van der Waals surface area contributed by atoms with E-state index in [4.69, 9.17) is 9.15 Å². The smallest absolute Gasteiger partial charge is 0.257 e. The van der Waals surface area contributed by atoms with Crippen molar-refractivity contribution in [3.8, 4) is 10.8 Å². The van der Waals surface area contributed by atoms with Crippen LogP contribution in [-0.2, 0) is 14.8 Å². The summed E-state index contributed by atoms with van der Waals surface area (Å²) >= 11 is 1.13. The van der Waals surface area contributed by atoms with Gasteiger partial charge in [0.05, 0.1) is 18.1 Å². The van der Waals surface area contributed by atoms with Gasteiger partial charge in [0.2, 0.25) is 5.89 Å². The van der Waals surface area contributed by atoms with Gasteiger partial charge in [-0.3, -0.25) is 0 Å². The normalized spacial score (nSPS) is 17.4. The van der Waals surface area contributed by atoms with Crippen LogP contribution in [0.4, 0.5) is 0 Å². The molecule has 0 spiro atoms. The third-order valence-electron chi connectivity index (χ3n) is 2.88. The minimum Gasteiger partial charge on any atom is -0.420 e. The lowest BCUT2D eigenvalue weighted by Crippen LogP contribution is -2.40. The number of aryl methyl sites for hydroxylation is 1. The summed E-state index contributed by atoms with van der Waals surface area (Å²) in [5.41, 5.74) is 0. The Kier molecular flexibility index (Phi) is 3.59. The molecule has 1 saturated heterocycles. The van der Waals surface area contributed by atoms with E-state index in [-0.39, 0.29) is 4.21 Å². The Morgan fingerprint density at radius 2 is 2.00 bits per heavy atom. The molecule has 1 fully saturated rings. The van der Waals surface area contributed by atoms with Crippen molar-refractivity contribution < 1.29 is 17.6 Å². The quantitative estimate of drug-likeness (QED) is 0.844. The monoisotopic (exact) mass is 315 g/mol. The van der Waals surface area contributed by atoms with Crippen LogP contribution in [0.5, 0.6) is 0 Å². The fourth-order valence-corrected chi connectivity index (χ4v) is 4.67. The number of hydrogen-bond donors (Lipinski definition) is 0. The van der Waals surface area contributed by atoms with Gasteiger partial charge in [0.1, 0.15) is 4.21 Å². The highest BCUT2D eigenvalue weighted by atomic mass is 32.2. The van der Waals surface area contributed by atoms with E-state index in [9.17, 15) is 8.42 Å². The van der Waals surface area contributed by atoms with E-state index in [0.717, 1.165) is 11.3 Å². The minimum atomic E-state index is -3.46. The minimum absolute atomic E-state index is 0.283. The summed E-state index contributed by atoms with van der Waals surface area (Å²) in [6.07, 6.45) is 0. The standard InChI is InChI=1S/C11H13N3O4S2/c1-8-12-13-11(18-8)9-2-3-10(19-9)20(15,16)14-4-6-17-7-5-14/h2-3H,4-7H2,1H3. The Hall–Kier alpha value is -1.29. The summed E-state index contributed by atoms with van der Waals surface area (Å²) in [5, 5.41) is 7.63. The van der Waals surface area contributed by atoms with Crippen LogP contribution in [0.25, 0.3) is 10.8 Å². The van der Waals surface area contributed by atoms with E-state index in [1.54, 1.807) is 19.1 Å². The second-order valence-corrected chi connectivity index (χ2v) is 7.51. The van der Waals surface area contributed by atoms with E-state index >= 15 is 0 Å². The number of ether oxygens (including phenoxy) is 1. The highest BCUT2D eigenvalue weighted by Crippen LogP contribution is 2.31. The molecule has 0 aromatic carbocycles. The summed E-state index contributed by atoms with van der Waals surface area (Å²) in [5.74, 6) is 0.793. The zero-order valence-electron chi connectivity index (χ0n) is 10.8. The third-order valence-corrected chi connectivity index (χ3v) is 6.32. The molecular formula is C11H13N3O4S2. The maximum absolute atomic E-state index is 12.5. The van der Waals surface area contributed by atoms with Crippen molar-refractivity contribution in [3.05, 3.63) is 18.0 Å². The lowest BCUT2D eigenvalue weighted by atomic mass is 10.5. The van der Waals surface area contributed by atoms with Crippen molar-refractivity contribution in [1.82, 2.24) is 14.5 Å². The zero-order chi connectivity index (χ0) is 14.2. The van der Waals surface area contributed by atoms with Gasteiger partial charge in [0.25, 0.3) is 15.9 Å². The molecule has 20 heavy (non-hydrogen) atoms.